The van der Waals surface area contributed by atoms with Crippen LogP contribution in [0.4, 0.5) is 0 Å². The molecular weight excluding hydrogens is 294 g/mol. The first-order chi connectivity index (χ1) is 10.9. The van der Waals surface area contributed by atoms with Gasteiger partial charge >= 0.3 is 5.97 Å². The standard InChI is InChI=1S/C18H21NO4/c1-18(2)9-14(20)13(16(21)15(18)17(22)23-3)11-19-10-12-7-5-4-6-8-12/h4-8,11,13,15H,9-10H2,1-3H3/t13-,15+/m0/s1. The van der Waals surface area contributed by atoms with Gasteiger partial charge in [0.1, 0.15) is 17.6 Å². The van der Waals surface area contributed by atoms with Crippen molar-refractivity contribution in [2.75, 3.05) is 7.11 Å². The molecule has 1 aromatic carbocycles. The number of rotatable bonds is 4. The van der Waals surface area contributed by atoms with Crippen LogP contribution >= 0.6 is 0 Å². The second kappa shape index (κ2) is 6.86. The maximum atomic E-state index is 12.6. The predicted octanol–water partition coefficient (Wildman–Crippen LogP) is 2.23. The summed E-state index contributed by atoms with van der Waals surface area (Å²) in [6.45, 7) is 3.87. The average molecular weight is 315 g/mol. The van der Waals surface area contributed by atoms with Crippen LogP contribution in [0.1, 0.15) is 25.8 Å². The van der Waals surface area contributed by atoms with Gasteiger partial charge in [-0.05, 0) is 11.0 Å². The molecule has 2 rings (SSSR count). The van der Waals surface area contributed by atoms with Crippen LogP contribution in [0.25, 0.3) is 0 Å². The predicted molar refractivity (Wildman–Crippen MR) is 86.0 cm³/mol. The lowest BCUT2D eigenvalue weighted by Gasteiger charge is -2.37. The van der Waals surface area contributed by atoms with E-state index in [2.05, 4.69) is 4.99 Å². The monoisotopic (exact) mass is 315 g/mol. The number of esters is 1. The van der Waals surface area contributed by atoms with Crippen molar-refractivity contribution in [3.05, 3.63) is 35.9 Å². The first-order valence-electron chi connectivity index (χ1n) is 7.55. The molecule has 0 heterocycles. The Balaban J connectivity index is 2.16. The van der Waals surface area contributed by atoms with E-state index in [1.165, 1.54) is 13.3 Å². The van der Waals surface area contributed by atoms with Gasteiger partial charge in [-0.25, -0.2) is 0 Å². The Bertz CT molecular complexity index is 634. The van der Waals surface area contributed by atoms with Crippen LogP contribution in [0.2, 0.25) is 0 Å². The summed E-state index contributed by atoms with van der Waals surface area (Å²) in [5.74, 6) is -3.10. The quantitative estimate of drug-likeness (QED) is 0.485. The van der Waals surface area contributed by atoms with E-state index in [1.54, 1.807) is 13.8 Å². The normalized spacial score (nSPS) is 24.0. The second-order valence-corrected chi connectivity index (χ2v) is 6.44. The number of hydrogen-bond acceptors (Lipinski definition) is 5. The third-order valence-electron chi connectivity index (χ3n) is 4.16. The summed E-state index contributed by atoms with van der Waals surface area (Å²) in [5.41, 5.74) is 0.259. The molecule has 1 saturated carbocycles. The van der Waals surface area contributed by atoms with Crippen molar-refractivity contribution in [2.24, 2.45) is 22.2 Å². The maximum absolute atomic E-state index is 12.6. The van der Waals surface area contributed by atoms with Crippen molar-refractivity contribution >= 4 is 23.8 Å². The number of methoxy groups -OCH3 is 1. The summed E-state index contributed by atoms with van der Waals surface area (Å²) < 4.78 is 4.74. The molecule has 1 fully saturated rings. The number of aliphatic imine (C=N–C) groups is 1. The molecule has 23 heavy (non-hydrogen) atoms. The van der Waals surface area contributed by atoms with E-state index < -0.39 is 29.0 Å². The molecule has 1 aromatic rings. The number of nitrogens with zero attached hydrogens (tertiary/aromatic N) is 1. The van der Waals surface area contributed by atoms with E-state index in [4.69, 9.17) is 4.74 Å². The number of carbonyl (C=O) groups is 3. The van der Waals surface area contributed by atoms with Crippen molar-refractivity contribution in [2.45, 2.75) is 26.8 Å². The number of carbonyl (C=O) groups excluding carboxylic acids is 3. The lowest BCUT2D eigenvalue weighted by molar-refractivity contribution is -0.159. The topological polar surface area (TPSA) is 72.8 Å². The summed E-state index contributed by atoms with van der Waals surface area (Å²) in [7, 11) is 1.25. The Morgan fingerprint density at radius 1 is 1.30 bits per heavy atom. The van der Waals surface area contributed by atoms with Crippen LogP contribution < -0.4 is 0 Å². The molecule has 1 aliphatic carbocycles. The molecule has 122 valence electrons. The Morgan fingerprint density at radius 3 is 2.57 bits per heavy atom. The number of ether oxygens (including phenoxy) is 1. The minimum atomic E-state index is -0.962. The molecule has 0 unspecified atom stereocenters. The highest BCUT2D eigenvalue weighted by atomic mass is 16.5. The van der Waals surface area contributed by atoms with E-state index in [1.807, 2.05) is 30.3 Å². The Labute approximate surface area is 135 Å². The number of hydrogen-bond donors (Lipinski definition) is 0. The van der Waals surface area contributed by atoms with Crippen LogP contribution in [-0.4, -0.2) is 30.9 Å². The van der Waals surface area contributed by atoms with Gasteiger partial charge in [0.25, 0.3) is 0 Å². The molecule has 5 nitrogen and oxygen atoms in total. The number of Topliss-reactive ketones (excluding diaryl/α,β-unsaturated/α-hetero) is 2. The molecule has 0 aliphatic heterocycles. The summed E-state index contributed by atoms with van der Waals surface area (Å²) in [6.07, 6.45) is 1.53. The molecule has 0 spiro atoms. The number of ketones is 2. The molecule has 0 aromatic heterocycles. The average Bonchev–Trinajstić information content (AvgIpc) is 2.50. The molecule has 1 aliphatic rings. The largest absolute Gasteiger partial charge is 0.468 e. The second-order valence-electron chi connectivity index (χ2n) is 6.44. The van der Waals surface area contributed by atoms with Crippen LogP contribution in [0.5, 0.6) is 0 Å². The van der Waals surface area contributed by atoms with Gasteiger partial charge in [-0.1, -0.05) is 44.2 Å². The molecular formula is C18H21NO4. The molecule has 0 radical (unpaired) electrons. The fraction of sp³-hybridized carbons (Fsp3) is 0.444. The van der Waals surface area contributed by atoms with Crippen LogP contribution in [0.15, 0.2) is 35.3 Å². The minimum absolute atomic E-state index is 0.153. The van der Waals surface area contributed by atoms with E-state index in [0.29, 0.717) is 6.54 Å². The van der Waals surface area contributed by atoms with Gasteiger partial charge in [-0.2, -0.15) is 0 Å². The maximum Gasteiger partial charge on any atom is 0.316 e. The van der Waals surface area contributed by atoms with Gasteiger partial charge < -0.3 is 4.74 Å². The van der Waals surface area contributed by atoms with Gasteiger partial charge in [-0.15, -0.1) is 0 Å². The van der Waals surface area contributed by atoms with E-state index in [-0.39, 0.29) is 12.2 Å². The lowest BCUT2D eigenvalue weighted by atomic mass is 9.64. The van der Waals surface area contributed by atoms with Crippen molar-refractivity contribution in [3.8, 4) is 0 Å². The molecule has 0 saturated heterocycles. The van der Waals surface area contributed by atoms with Crippen LogP contribution in [0.3, 0.4) is 0 Å². The summed E-state index contributed by atoms with van der Waals surface area (Å²) >= 11 is 0. The van der Waals surface area contributed by atoms with Crippen LogP contribution in [0, 0.1) is 17.3 Å². The highest BCUT2D eigenvalue weighted by Gasteiger charge is 2.51. The zero-order valence-corrected chi connectivity index (χ0v) is 13.6. The van der Waals surface area contributed by atoms with E-state index in [0.717, 1.165) is 5.56 Å². The molecule has 0 bridgehead atoms. The van der Waals surface area contributed by atoms with Gasteiger partial charge in [0, 0.05) is 12.6 Å². The Morgan fingerprint density at radius 2 is 1.96 bits per heavy atom. The third-order valence-corrected chi connectivity index (χ3v) is 4.16. The van der Waals surface area contributed by atoms with Crippen molar-refractivity contribution < 1.29 is 19.1 Å². The fourth-order valence-electron chi connectivity index (χ4n) is 2.94. The Hall–Kier alpha value is -2.30. The molecule has 0 N–H and O–H groups in total. The van der Waals surface area contributed by atoms with Crippen molar-refractivity contribution in [1.29, 1.82) is 0 Å². The third kappa shape index (κ3) is 3.73. The highest BCUT2D eigenvalue weighted by Crippen LogP contribution is 2.39. The van der Waals surface area contributed by atoms with Crippen molar-refractivity contribution in [3.63, 3.8) is 0 Å². The van der Waals surface area contributed by atoms with Crippen LogP contribution in [-0.2, 0) is 25.7 Å². The number of benzene rings is 1. The minimum Gasteiger partial charge on any atom is -0.468 e. The van der Waals surface area contributed by atoms with Crippen molar-refractivity contribution in [1.82, 2.24) is 0 Å². The van der Waals surface area contributed by atoms with Gasteiger partial charge in [-0.3, -0.25) is 19.4 Å². The first-order valence-corrected chi connectivity index (χ1v) is 7.55. The van der Waals surface area contributed by atoms with Gasteiger partial charge in [0.05, 0.1) is 13.7 Å². The summed E-state index contributed by atoms with van der Waals surface area (Å²) in [4.78, 5) is 41.0. The fourth-order valence-corrected chi connectivity index (χ4v) is 2.94. The van der Waals surface area contributed by atoms with Gasteiger partial charge in [0.15, 0.2) is 5.78 Å². The van der Waals surface area contributed by atoms with E-state index >= 15 is 0 Å². The Kier molecular flexibility index (Phi) is 5.08. The summed E-state index contributed by atoms with van der Waals surface area (Å²) in [6, 6.07) is 9.55. The molecule has 0 amide bonds. The SMILES string of the molecule is COC(=O)[C@H]1C(=O)[C@@H](C=NCc2ccccc2)C(=O)CC1(C)C. The highest BCUT2D eigenvalue weighted by molar-refractivity contribution is 6.21. The zero-order valence-electron chi connectivity index (χ0n) is 13.6. The zero-order chi connectivity index (χ0) is 17.0. The molecule has 2 atom stereocenters. The smallest absolute Gasteiger partial charge is 0.316 e. The first kappa shape index (κ1) is 17.1. The molecule has 5 heteroatoms. The summed E-state index contributed by atoms with van der Waals surface area (Å²) in [5, 5.41) is 0. The van der Waals surface area contributed by atoms with E-state index in [9.17, 15) is 14.4 Å². The van der Waals surface area contributed by atoms with Gasteiger partial charge in [0.2, 0.25) is 0 Å². The lowest BCUT2D eigenvalue weighted by Crippen LogP contribution is -2.50.